The lowest BCUT2D eigenvalue weighted by molar-refractivity contribution is 0.270. The molecule has 1 N–H and O–H groups in total. The second-order valence-electron chi connectivity index (χ2n) is 6.13. The zero-order valence-electron chi connectivity index (χ0n) is 11.6. The van der Waals surface area contributed by atoms with Crippen LogP contribution in [0.15, 0.2) is 0 Å². The molecule has 3 rings (SSSR count). The summed E-state index contributed by atoms with van der Waals surface area (Å²) in [6.07, 6.45) is 6.85. The van der Waals surface area contributed by atoms with E-state index >= 15 is 0 Å². The third-order valence-corrected chi connectivity index (χ3v) is 6.86. The molecule has 0 radical (unpaired) electrons. The van der Waals surface area contributed by atoms with Crippen molar-refractivity contribution in [3.63, 3.8) is 0 Å². The van der Waals surface area contributed by atoms with Gasteiger partial charge in [0, 0.05) is 25.7 Å². The Morgan fingerprint density at radius 2 is 1.84 bits per heavy atom. The molecule has 5 nitrogen and oxygen atoms in total. The Kier molecular flexibility index (Phi) is 4.12. The molecule has 0 aromatic heterocycles. The molecule has 2 aliphatic heterocycles. The predicted octanol–water partition coefficient (Wildman–Crippen LogP) is 0.791. The Balaban J connectivity index is 1.65. The molecule has 3 fully saturated rings. The second kappa shape index (κ2) is 5.68. The molecule has 1 saturated carbocycles. The first-order valence-corrected chi connectivity index (χ1v) is 9.05. The minimum atomic E-state index is -3.18. The van der Waals surface area contributed by atoms with Crippen molar-refractivity contribution >= 4 is 10.2 Å². The SMILES string of the molecule is O=S1(=O)N(CC2CCNC2)CCN1C1CCCCC1. The van der Waals surface area contributed by atoms with E-state index in [9.17, 15) is 8.42 Å². The molecule has 0 bridgehead atoms. The molecule has 1 unspecified atom stereocenters. The van der Waals surface area contributed by atoms with E-state index in [1.807, 2.05) is 0 Å². The topological polar surface area (TPSA) is 52.7 Å². The van der Waals surface area contributed by atoms with Crippen LogP contribution in [0.4, 0.5) is 0 Å². The van der Waals surface area contributed by atoms with Crippen LogP contribution in [-0.2, 0) is 10.2 Å². The summed E-state index contributed by atoms with van der Waals surface area (Å²) in [6, 6.07) is 0.269. The highest BCUT2D eigenvalue weighted by molar-refractivity contribution is 7.87. The molecule has 0 aromatic rings. The molecule has 1 atom stereocenters. The van der Waals surface area contributed by atoms with Gasteiger partial charge in [0.25, 0.3) is 10.2 Å². The van der Waals surface area contributed by atoms with E-state index in [1.54, 1.807) is 8.61 Å². The maximum Gasteiger partial charge on any atom is 0.282 e. The molecule has 3 aliphatic rings. The molecule has 19 heavy (non-hydrogen) atoms. The summed E-state index contributed by atoms with van der Waals surface area (Å²) in [5, 5.41) is 3.31. The van der Waals surface area contributed by atoms with Crippen LogP contribution in [0.25, 0.3) is 0 Å². The maximum atomic E-state index is 12.6. The van der Waals surface area contributed by atoms with Gasteiger partial charge in [-0.05, 0) is 38.3 Å². The van der Waals surface area contributed by atoms with Gasteiger partial charge in [0.1, 0.15) is 0 Å². The normalized spacial score (nSPS) is 34.0. The standard InChI is InChI=1S/C13H25N3O2S/c17-19(18)15(11-12-6-7-14-10-12)8-9-16(19)13-4-2-1-3-5-13/h12-14H,1-11H2. The zero-order chi connectivity index (χ0) is 13.3. The zero-order valence-corrected chi connectivity index (χ0v) is 12.4. The van der Waals surface area contributed by atoms with Crippen LogP contribution in [0.5, 0.6) is 0 Å². The lowest BCUT2D eigenvalue weighted by atomic mass is 9.95. The van der Waals surface area contributed by atoms with Crippen LogP contribution in [0, 0.1) is 5.92 Å². The third kappa shape index (κ3) is 2.82. The maximum absolute atomic E-state index is 12.6. The van der Waals surface area contributed by atoms with Crippen molar-refractivity contribution in [2.24, 2.45) is 5.92 Å². The van der Waals surface area contributed by atoms with Crippen LogP contribution in [-0.4, -0.2) is 55.8 Å². The van der Waals surface area contributed by atoms with Gasteiger partial charge in [0.15, 0.2) is 0 Å². The summed E-state index contributed by atoms with van der Waals surface area (Å²) >= 11 is 0. The Labute approximate surface area is 116 Å². The van der Waals surface area contributed by atoms with E-state index in [0.29, 0.717) is 25.6 Å². The van der Waals surface area contributed by atoms with Crippen LogP contribution in [0.3, 0.4) is 0 Å². The highest BCUT2D eigenvalue weighted by atomic mass is 32.2. The van der Waals surface area contributed by atoms with E-state index in [-0.39, 0.29) is 6.04 Å². The van der Waals surface area contributed by atoms with E-state index in [0.717, 1.165) is 32.4 Å². The largest absolute Gasteiger partial charge is 0.316 e. The first kappa shape index (κ1) is 13.8. The van der Waals surface area contributed by atoms with Gasteiger partial charge in [-0.3, -0.25) is 0 Å². The van der Waals surface area contributed by atoms with Crippen molar-refractivity contribution in [3.8, 4) is 0 Å². The van der Waals surface area contributed by atoms with Gasteiger partial charge in [-0.25, -0.2) is 0 Å². The van der Waals surface area contributed by atoms with Gasteiger partial charge in [-0.15, -0.1) is 0 Å². The Hall–Kier alpha value is -0.170. The fourth-order valence-electron chi connectivity index (χ4n) is 3.67. The summed E-state index contributed by atoms with van der Waals surface area (Å²) in [6.45, 7) is 4.10. The van der Waals surface area contributed by atoms with E-state index < -0.39 is 10.2 Å². The highest BCUT2D eigenvalue weighted by Gasteiger charge is 2.41. The molecular formula is C13H25N3O2S. The Morgan fingerprint density at radius 3 is 2.53 bits per heavy atom. The summed E-state index contributed by atoms with van der Waals surface area (Å²) in [5.74, 6) is 0.501. The highest BCUT2D eigenvalue weighted by Crippen LogP contribution is 2.29. The van der Waals surface area contributed by atoms with Crippen molar-refractivity contribution in [1.82, 2.24) is 13.9 Å². The van der Waals surface area contributed by atoms with Gasteiger partial charge in [-0.1, -0.05) is 19.3 Å². The summed E-state index contributed by atoms with van der Waals surface area (Å²) in [7, 11) is -3.18. The molecule has 0 amide bonds. The number of nitrogens with one attached hydrogen (secondary N) is 1. The van der Waals surface area contributed by atoms with Crippen LogP contribution in [0.1, 0.15) is 38.5 Å². The first-order chi connectivity index (χ1) is 9.18. The summed E-state index contributed by atoms with van der Waals surface area (Å²) < 4.78 is 28.7. The molecule has 1 aliphatic carbocycles. The van der Waals surface area contributed by atoms with Crippen molar-refractivity contribution in [2.45, 2.75) is 44.6 Å². The predicted molar refractivity (Wildman–Crippen MR) is 75.0 cm³/mol. The monoisotopic (exact) mass is 287 g/mol. The Morgan fingerprint density at radius 1 is 1.05 bits per heavy atom. The van der Waals surface area contributed by atoms with E-state index in [1.165, 1.54) is 19.3 Å². The molecule has 6 heteroatoms. The van der Waals surface area contributed by atoms with Gasteiger partial charge >= 0.3 is 0 Å². The summed E-state index contributed by atoms with van der Waals surface area (Å²) in [4.78, 5) is 0. The average molecular weight is 287 g/mol. The smallest absolute Gasteiger partial charge is 0.282 e. The van der Waals surface area contributed by atoms with Gasteiger partial charge in [-0.2, -0.15) is 17.0 Å². The quantitative estimate of drug-likeness (QED) is 0.835. The minimum Gasteiger partial charge on any atom is -0.316 e. The van der Waals surface area contributed by atoms with E-state index in [2.05, 4.69) is 5.32 Å². The van der Waals surface area contributed by atoms with Crippen molar-refractivity contribution in [3.05, 3.63) is 0 Å². The lowest BCUT2D eigenvalue weighted by Gasteiger charge is -2.30. The van der Waals surface area contributed by atoms with Crippen LogP contribution < -0.4 is 5.32 Å². The van der Waals surface area contributed by atoms with Gasteiger partial charge in [0.05, 0.1) is 0 Å². The number of hydrogen-bond acceptors (Lipinski definition) is 3. The van der Waals surface area contributed by atoms with Crippen molar-refractivity contribution in [1.29, 1.82) is 0 Å². The number of rotatable bonds is 3. The van der Waals surface area contributed by atoms with Gasteiger partial charge in [0.2, 0.25) is 0 Å². The van der Waals surface area contributed by atoms with E-state index in [4.69, 9.17) is 0 Å². The second-order valence-corrected chi connectivity index (χ2v) is 8.01. The van der Waals surface area contributed by atoms with Crippen molar-refractivity contribution in [2.75, 3.05) is 32.7 Å². The molecule has 2 saturated heterocycles. The molecule has 0 aromatic carbocycles. The lowest BCUT2D eigenvalue weighted by Crippen LogP contribution is -2.42. The number of nitrogens with zero attached hydrogens (tertiary/aromatic N) is 2. The number of hydrogen-bond donors (Lipinski definition) is 1. The van der Waals surface area contributed by atoms with Crippen LogP contribution in [0.2, 0.25) is 0 Å². The van der Waals surface area contributed by atoms with Gasteiger partial charge < -0.3 is 5.32 Å². The summed E-state index contributed by atoms with van der Waals surface area (Å²) in [5.41, 5.74) is 0. The van der Waals surface area contributed by atoms with Crippen LogP contribution >= 0.6 is 0 Å². The molecule has 0 spiro atoms. The minimum absolute atomic E-state index is 0.269. The average Bonchev–Trinajstić information content (AvgIpc) is 3.00. The fourth-order valence-corrected chi connectivity index (χ4v) is 5.58. The molecule has 110 valence electrons. The fraction of sp³-hybridized carbons (Fsp3) is 1.00. The Bertz CT molecular complexity index is 400. The first-order valence-electron chi connectivity index (χ1n) is 7.65. The molecular weight excluding hydrogens is 262 g/mol. The van der Waals surface area contributed by atoms with Crippen molar-refractivity contribution < 1.29 is 8.42 Å². The molecule has 2 heterocycles. The third-order valence-electron chi connectivity index (χ3n) is 4.80.